The van der Waals surface area contributed by atoms with Crippen LogP contribution < -0.4 is 0 Å². The second-order valence-electron chi connectivity index (χ2n) is 4.54. The minimum absolute atomic E-state index is 0.0288. The second-order valence-corrected chi connectivity index (χ2v) is 4.54. The van der Waals surface area contributed by atoms with Crippen LogP contribution in [0.4, 0.5) is 0 Å². The predicted molar refractivity (Wildman–Crippen MR) is 77.5 cm³/mol. The third-order valence-electron chi connectivity index (χ3n) is 2.68. The number of esters is 1. The Morgan fingerprint density at radius 1 is 1.11 bits per heavy atom. The molecule has 0 N–H and O–H groups in total. The van der Waals surface area contributed by atoms with E-state index in [0.29, 0.717) is 0 Å². The van der Waals surface area contributed by atoms with Crippen molar-refractivity contribution in [2.24, 2.45) is 0 Å². The molecule has 104 valence electrons. The monoisotopic (exact) mass is 252 g/mol. The van der Waals surface area contributed by atoms with Gasteiger partial charge in [0.1, 0.15) is 6.10 Å². The Labute approximate surface area is 112 Å². The largest absolute Gasteiger partial charge is 0.462 e. The number of hydrogen-bond donors (Lipinski definition) is 0. The van der Waals surface area contributed by atoms with Crippen LogP contribution in [0.3, 0.4) is 0 Å². The quantitative estimate of drug-likeness (QED) is 0.317. The van der Waals surface area contributed by atoms with E-state index in [1.54, 1.807) is 0 Å². The lowest BCUT2D eigenvalue weighted by Gasteiger charge is -2.14. The Balaban J connectivity index is 3.88. The topological polar surface area (TPSA) is 26.3 Å². The first-order chi connectivity index (χ1) is 8.70. The van der Waals surface area contributed by atoms with Gasteiger partial charge in [0.15, 0.2) is 0 Å². The summed E-state index contributed by atoms with van der Waals surface area (Å²) < 4.78 is 5.30. The molecule has 1 unspecified atom stereocenters. The van der Waals surface area contributed by atoms with Crippen LogP contribution in [0.25, 0.3) is 0 Å². The van der Waals surface area contributed by atoms with Gasteiger partial charge in [-0.25, -0.2) is 0 Å². The highest BCUT2D eigenvalue weighted by Crippen LogP contribution is 2.10. The molecule has 0 fully saturated rings. The molecular weight excluding hydrogens is 224 g/mol. The molecule has 2 heteroatoms. The van der Waals surface area contributed by atoms with Crippen LogP contribution in [0.5, 0.6) is 0 Å². The molecular formula is C16H28O2. The second kappa shape index (κ2) is 12.4. The molecule has 0 spiro atoms. The molecule has 18 heavy (non-hydrogen) atoms. The van der Waals surface area contributed by atoms with Crippen LogP contribution in [-0.4, -0.2) is 12.1 Å². The van der Waals surface area contributed by atoms with Crippen molar-refractivity contribution in [3.63, 3.8) is 0 Å². The van der Waals surface area contributed by atoms with Crippen molar-refractivity contribution >= 4 is 5.97 Å². The average Bonchev–Trinajstić information content (AvgIpc) is 2.33. The Bertz CT molecular complexity index is 254. The molecule has 0 rings (SSSR count). The summed E-state index contributed by atoms with van der Waals surface area (Å²) in [6, 6.07) is 0. The van der Waals surface area contributed by atoms with Gasteiger partial charge in [0.05, 0.1) is 0 Å². The molecule has 2 nitrogen and oxygen atoms in total. The molecule has 0 aromatic heterocycles. The highest BCUT2D eigenvalue weighted by Gasteiger charge is 2.08. The zero-order valence-electron chi connectivity index (χ0n) is 12.2. The fraction of sp³-hybridized carbons (Fsp3) is 0.688. The molecule has 0 aliphatic heterocycles. The van der Waals surface area contributed by atoms with Crippen LogP contribution in [0.15, 0.2) is 24.3 Å². The van der Waals surface area contributed by atoms with Gasteiger partial charge in [-0.15, -0.1) is 0 Å². The van der Waals surface area contributed by atoms with Crippen LogP contribution in [0, 0.1) is 0 Å². The van der Waals surface area contributed by atoms with Gasteiger partial charge in [-0.2, -0.15) is 0 Å². The fourth-order valence-electron chi connectivity index (χ4n) is 1.71. The molecule has 0 saturated carbocycles. The summed E-state index contributed by atoms with van der Waals surface area (Å²) in [5, 5.41) is 0. The van der Waals surface area contributed by atoms with E-state index in [1.807, 2.05) is 0 Å². The average molecular weight is 252 g/mol. The van der Waals surface area contributed by atoms with Gasteiger partial charge in [0.2, 0.25) is 0 Å². The van der Waals surface area contributed by atoms with E-state index in [4.69, 9.17) is 4.74 Å². The van der Waals surface area contributed by atoms with E-state index < -0.39 is 0 Å². The number of allylic oxidation sites excluding steroid dienone is 3. The number of ether oxygens (including phenoxy) is 1. The Kier molecular flexibility index (Phi) is 11.7. The maximum absolute atomic E-state index is 11.0. The van der Waals surface area contributed by atoms with Gasteiger partial charge in [-0.05, 0) is 25.7 Å². The van der Waals surface area contributed by atoms with Crippen LogP contribution in [0.1, 0.15) is 65.7 Å². The molecule has 0 heterocycles. The van der Waals surface area contributed by atoms with Crippen molar-refractivity contribution in [3.8, 4) is 0 Å². The Hall–Kier alpha value is -1.05. The highest BCUT2D eigenvalue weighted by atomic mass is 16.5. The molecule has 0 aromatic rings. The van der Waals surface area contributed by atoms with Crippen molar-refractivity contribution in [3.05, 3.63) is 24.3 Å². The predicted octanol–water partition coefficient (Wildman–Crippen LogP) is 4.80. The molecule has 0 aliphatic rings. The highest BCUT2D eigenvalue weighted by molar-refractivity contribution is 5.66. The summed E-state index contributed by atoms with van der Waals surface area (Å²) in [6.07, 6.45) is 16.1. The summed E-state index contributed by atoms with van der Waals surface area (Å²) >= 11 is 0. The summed E-state index contributed by atoms with van der Waals surface area (Å²) in [5.41, 5.74) is 0. The van der Waals surface area contributed by atoms with Crippen molar-refractivity contribution in [2.75, 3.05) is 0 Å². The lowest BCUT2D eigenvalue weighted by molar-refractivity contribution is -0.146. The Morgan fingerprint density at radius 3 is 2.44 bits per heavy atom. The number of carbonyl (C=O) groups is 1. The minimum Gasteiger partial charge on any atom is -0.462 e. The third kappa shape index (κ3) is 11.4. The van der Waals surface area contributed by atoms with Crippen molar-refractivity contribution in [1.29, 1.82) is 0 Å². The van der Waals surface area contributed by atoms with Crippen molar-refractivity contribution < 1.29 is 9.53 Å². The van der Waals surface area contributed by atoms with Gasteiger partial charge < -0.3 is 4.74 Å². The first-order valence-corrected chi connectivity index (χ1v) is 7.17. The molecule has 0 amide bonds. The SMILES string of the molecule is CCC=CCC(CC/C=C\CCCC)OC(C)=O. The van der Waals surface area contributed by atoms with Gasteiger partial charge in [0, 0.05) is 13.3 Å². The lowest BCUT2D eigenvalue weighted by Crippen LogP contribution is -2.15. The third-order valence-corrected chi connectivity index (χ3v) is 2.68. The standard InChI is InChI=1S/C16H28O2/c1-4-6-8-9-10-12-14-16(18-15(3)17)13-11-7-5-2/h7,9-11,16H,4-6,8,12-14H2,1-3H3/b10-9-,11-7?. The molecule has 1 atom stereocenters. The zero-order valence-corrected chi connectivity index (χ0v) is 12.2. The Morgan fingerprint density at radius 2 is 1.83 bits per heavy atom. The first kappa shape index (κ1) is 16.9. The first-order valence-electron chi connectivity index (χ1n) is 7.17. The van der Waals surface area contributed by atoms with Crippen LogP contribution in [-0.2, 0) is 9.53 Å². The number of hydrogen-bond acceptors (Lipinski definition) is 2. The minimum atomic E-state index is -0.181. The van der Waals surface area contributed by atoms with Gasteiger partial charge >= 0.3 is 5.97 Å². The van der Waals surface area contributed by atoms with Gasteiger partial charge in [-0.1, -0.05) is 51.0 Å². The summed E-state index contributed by atoms with van der Waals surface area (Å²) in [6.45, 7) is 5.78. The van der Waals surface area contributed by atoms with Crippen LogP contribution in [0.2, 0.25) is 0 Å². The number of unbranched alkanes of at least 4 members (excludes halogenated alkanes) is 2. The van der Waals surface area contributed by atoms with E-state index >= 15 is 0 Å². The maximum Gasteiger partial charge on any atom is 0.302 e. The van der Waals surface area contributed by atoms with E-state index in [-0.39, 0.29) is 12.1 Å². The molecule has 0 saturated heterocycles. The lowest BCUT2D eigenvalue weighted by atomic mass is 10.1. The summed E-state index contributed by atoms with van der Waals surface area (Å²) in [5.74, 6) is -0.181. The smallest absolute Gasteiger partial charge is 0.302 e. The molecule has 0 bridgehead atoms. The normalized spacial score (nSPS) is 13.3. The van der Waals surface area contributed by atoms with Crippen molar-refractivity contribution in [1.82, 2.24) is 0 Å². The van der Waals surface area contributed by atoms with Gasteiger partial charge in [-0.3, -0.25) is 4.79 Å². The van der Waals surface area contributed by atoms with Gasteiger partial charge in [0.25, 0.3) is 0 Å². The van der Waals surface area contributed by atoms with E-state index in [2.05, 4.69) is 38.2 Å². The van der Waals surface area contributed by atoms with E-state index in [1.165, 1.54) is 19.8 Å². The molecule has 0 aromatic carbocycles. The van der Waals surface area contributed by atoms with E-state index in [0.717, 1.165) is 32.1 Å². The maximum atomic E-state index is 11.0. The van der Waals surface area contributed by atoms with E-state index in [9.17, 15) is 4.79 Å². The van der Waals surface area contributed by atoms with Crippen molar-refractivity contribution in [2.45, 2.75) is 71.8 Å². The number of carbonyl (C=O) groups excluding carboxylic acids is 1. The number of rotatable bonds is 10. The molecule has 0 radical (unpaired) electrons. The van der Waals surface area contributed by atoms with Crippen LogP contribution >= 0.6 is 0 Å². The summed E-state index contributed by atoms with van der Waals surface area (Å²) in [4.78, 5) is 11.0. The zero-order chi connectivity index (χ0) is 13.6. The summed E-state index contributed by atoms with van der Waals surface area (Å²) in [7, 11) is 0. The molecule has 0 aliphatic carbocycles. The fourth-order valence-corrected chi connectivity index (χ4v) is 1.71.